The van der Waals surface area contributed by atoms with Crippen LogP contribution >= 0.6 is 0 Å². The summed E-state index contributed by atoms with van der Waals surface area (Å²) in [6.45, 7) is 0. The third kappa shape index (κ3) is 4.32. The van der Waals surface area contributed by atoms with Gasteiger partial charge in [0, 0.05) is 39.9 Å². The van der Waals surface area contributed by atoms with E-state index in [9.17, 15) is 0 Å². The minimum atomic E-state index is -0.691. The first kappa shape index (κ1) is 31.0. The van der Waals surface area contributed by atoms with Crippen LogP contribution in [0, 0.1) is 0 Å². The van der Waals surface area contributed by atoms with E-state index in [0.717, 1.165) is 50.0 Å². The topological polar surface area (TPSA) is 51.8 Å². The second kappa shape index (κ2) is 11.8. The predicted molar refractivity (Wildman–Crippen MR) is 225 cm³/mol. The summed E-state index contributed by atoms with van der Waals surface area (Å²) in [5, 5.41) is 2.25. The number of nitrogens with zero attached hydrogens (tertiary/aromatic N) is 3. The Labute approximate surface area is 323 Å². The lowest BCUT2D eigenvalue weighted by Crippen LogP contribution is -2.29. The Hall–Kier alpha value is -7.43. The quantitative estimate of drug-likeness (QED) is 0.183. The second-order valence-electron chi connectivity index (χ2n) is 14.7. The number of aromatic nitrogens is 3. The Balaban J connectivity index is 1.21. The van der Waals surface area contributed by atoms with Crippen molar-refractivity contribution < 1.29 is 4.42 Å². The van der Waals surface area contributed by atoms with Crippen LogP contribution in [-0.2, 0) is 5.41 Å². The molecule has 0 radical (unpaired) electrons. The molecule has 0 fully saturated rings. The smallest absolute Gasteiger partial charge is 0.160 e. The molecule has 2 aliphatic carbocycles. The summed E-state index contributed by atoms with van der Waals surface area (Å²) >= 11 is 0. The van der Waals surface area contributed by atoms with Crippen LogP contribution in [0.25, 0.3) is 89.2 Å². The molecule has 0 N–H and O–H groups in total. The highest BCUT2D eigenvalue weighted by Gasteiger charge is 2.50. The van der Waals surface area contributed by atoms with Crippen molar-refractivity contribution in [2.75, 3.05) is 0 Å². The molecule has 0 amide bonds. The molecule has 0 bridgehead atoms. The first-order chi connectivity index (χ1) is 27.8. The largest absolute Gasteiger partial charge is 0.456 e. The number of para-hydroxylation sites is 1. The summed E-state index contributed by atoms with van der Waals surface area (Å²) in [5.41, 5.74) is 17.8. The molecule has 260 valence electrons. The lowest BCUT2D eigenvalue weighted by Gasteiger charge is -2.35. The maximum absolute atomic E-state index is 6.66. The van der Waals surface area contributed by atoms with Gasteiger partial charge < -0.3 is 4.42 Å². The lowest BCUT2D eigenvalue weighted by molar-refractivity contribution is 0.666. The zero-order valence-corrected chi connectivity index (χ0v) is 30.1. The third-order valence-electron chi connectivity index (χ3n) is 11.8. The number of fused-ring (bicyclic) bond motifs is 15. The molecule has 10 aromatic rings. The number of furan rings is 1. The van der Waals surface area contributed by atoms with Gasteiger partial charge in [-0.25, -0.2) is 9.97 Å². The van der Waals surface area contributed by atoms with Crippen LogP contribution in [0.2, 0.25) is 0 Å². The highest BCUT2D eigenvalue weighted by Crippen LogP contribution is 2.62. The molecule has 0 aliphatic heterocycles. The monoisotopic (exact) mass is 713 g/mol. The van der Waals surface area contributed by atoms with Gasteiger partial charge in [-0.2, -0.15) is 0 Å². The van der Waals surface area contributed by atoms with E-state index in [4.69, 9.17) is 14.4 Å². The van der Waals surface area contributed by atoms with Crippen molar-refractivity contribution in [3.63, 3.8) is 0 Å². The van der Waals surface area contributed by atoms with Gasteiger partial charge in [-0.05, 0) is 98.1 Å². The van der Waals surface area contributed by atoms with Gasteiger partial charge in [-0.1, -0.05) is 133 Å². The van der Waals surface area contributed by atoms with Crippen LogP contribution in [0.5, 0.6) is 0 Å². The van der Waals surface area contributed by atoms with E-state index >= 15 is 0 Å². The van der Waals surface area contributed by atoms with Crippen molar-refractivity contribution in [2.24, 2.45) is 0 Å². The molecule has 4 heteroatoms. The Kier molecular flexibility index (Phi) is 6.52. The van der Waals surface area contributed by atoms with Crippen LogP contribution in [-0.4, -0.2) is 15.0 Å². The maximum Gasteiger partial charge on any atom is 0.160 e. The average molecular weight is 714 g/mol. The second-order valence-corrected chi connectivity index (χ2v) is 14.7. The van der Waals surface area contributed by atoms with E-state index in [1.807, 2.05) is 24.4 Å². The van der Waals surface area contributed by atoms with Crippen LogP contribution in [0.1, 0.15) is 22.3 Å². The molecule has 1 atom stereocenters. The van der Waals surface area contributed by atoms with Crippen molar-refractivity contribution in [2.45, 2.75) is 5.41 Å². The molecule has 7 aromatic carbocycles. The number of rotatable bonds is 3. The Morgan fingerprint density at radius 2 is 0.982 bits per heavy atom. The summed E-state index contributed by atoms with van der Waals surface area (Å²) in [7, 11) is 0. The molecule has 1 unspecified atom stereocenters. The van der Waals surface area contributed by atoms with Gasteiger partial charge in [0.15, 0.2) is 5.82 Å². The molecule has 1 spiro atoms. The Morgan fingerprint density at radius 3 is 1.73 bits per heavy atom. The Bertz CT molecular complexity index is 3140. The Morgan fingerprint density at radius 1 is 0.375 bits per heavy atom. The zero-order valence-electron chi connectivity index (χ0n) is 30.1. The fourth-order valence-corrected chi connectivity index (χ4v) is 9.44. The SMILES string of the molecule is c1ccc(-c2cc(-c3cccnc3)nc(-c3ccc4c(c3)C3(c5ccccc5-c5ccccc5-4)c4ccccc4-c4cc5c(cc43)oc3ccccc35)n2)cc1. The van der Waals surface area contributed by atoms with Crippen LogP contribution in [0.4, 0.5) is 0 Å². The van der Waals surface area contributed by atoms with Crippen molar-refractivity contribution in [1.82, 2.24) is 15.0 Å². The molecular weight excluding hydrogens is 683 g/mol. The van der Waals surface area contributed by atoms with E-state index in [0.29, 0.717) is 5.82 Å². The third-order valence-corrected chi connectivity index (χ3v) is 11.8. The molecule has 3 aromatic heterocycles. The highest BCUT2D eigenvalue weighted by molar-refractivity contribution is 6.09. The van der Waals surface area contributed by atoms with Gasteiger partial charge in [0.2, 0.25) is 0 Å². The zero-order chi connectivity index (χ0) is 36.8. The average Bonchev–Trinajstić information content (AvgIpc) is 3.75. The van der Waals surface area contributed by atoms with E-state index in [-0.39, 0.29) is 0 Å². The van der Waals surface area contributed by atoms with Crippen molar-refractivity contribution in [3.05, 3.63) is 211 Å². The summed E-state index contributed by atoms with van der Waals surface area (Å²) in [4.78, 5) is 15.0. The lowest BCUT2D eigenvalue weighted by atomic mass is 9.65. The fourth-order valence-electron chi connectivity index (χ4n) is 9.44. The van der Waals surface area contributed by atoms with E-state index < -0.39 is 5.41 Å². The molecule has 4 nitrogen and oxygen atoms in total. The van der Waals surface area contributed by atoms with Crippen molar-refractivity contribution in [1.29, 1.82) is 0 Å². The minimum absolute atomic E-state index is 0.660. The molecule has 0 saturated carbocycles. The van der Waals surface area contributed by atoms with Crippen LogP contribution in [0.15, 0.2) is 193 Å². The van der Waals surface area contributed by atoms with Gasteiger partial charge in [0.25, 0.3) is 0 Å². The summed E-state index contributed by atoms with van der Waals surface area (Å²) < 4.78 is 6.66. The number of pyridine rings is 1. The van der Waals surface area contributed by atoms with Gasteiger partial charge in [0.1, 0.15) is 11.2 Å². The fraction of sp³-hybridized carbons (Fsp3) is 0.0192. The summed E-state index contributed by atoms with van der Waals surface area (Å²) in [6.07, 6.45) is 3.66. The molecular formula is C52H31N3O. The van der Waals surface area contributed by atoms with E-state index in [1.54, 1.807) is 6.20 Å². The standard InChI is InChI=1S/C52H31N3O/c1-2-13-32(14-3-1)47-30-48(34-15-12-26-53-31-34)55-51(54-47)33-24-25-39-36-17-5-4-16-35(36)37-18-6-9-21-43(37)52(45(39)27-33)44-22-10-7-19-38(44)41-28-42-40-20-8-11-23-49(40)56-50(42)29-46(41)52/h1-31H. The molecule has 3 heterocycles. The maximum atomic E-state index is 6.66. The molecule has 0 saturated heterocycles. The van der Waals surface area contributed by atoms with Crippen LogP contribution in [0.3, 0.4) is 0 Å². The van der Waals surface area contributed by atoms with Crippen molar-refractivity contribution >= 4 is 21.9 Å². The van der Waals surface area contributed by atoms with Crippen molar-refractivity contribution in [3.8, 4) is 67.3 Å². The molecule has 2 aliphatic rings. The number of hydrogen-bond donors (Lipinski definition) is 0. The number of benzene rings is 7. The molecule has 12 rings (SSSR count). The molecule has 56 heavy (non-hydrogen) atoms. The first-order valence-corrected chi connectivity index (χ1v) is 19.0. The van der Waals surface area contributed by atoms with Gasteiger partial charge in [-0.3, -0.25) is 4.98 Å². The highest BCUT2D eigenvalue weighted by atomic mass is 16.3. The van der Waals surface area contributed by atoms with Crippen LogP contribution < -0.4 is 0 Å². The number of hydrogen-bond acceptors (Lipinski definition) is 4. The van der Waals surface area contributed by atoms with Gasteiger partial charge >= 0.3 is 0 Å². The first-order valence-electron chi connectivity index (χ1n) is 19.0. The predicted octanol–water partition coefficient (Wildman–Crippen LogP) is 12.8. The summed E-state index contributed by atoms with van der Waals surface area (Å²) in [6, 6.07) is 63.0. The summed E-state index contributed by atoms with van der Waals surface area (Å²) in [5.74, 6) is 0.660. The van der Waals surface area contributed by atoms with Gasteiger partial charge in [0.05, 0.1) is 16.8 Å². The normalized spacial score (nSPS) is 14.9. The van der Waals surface area contributed by atoms with Gasteiger partial charge in [-0.15, -0.1) is 0 Å². The minimum Gasteiger partial charge on any atom is -0.456 e. The van der Waals surface area contributed by atoms with E-state index in [2.05, 4.69) is 163 Å². The van der Waals surface area contributed by atoms with E-state index in [1.165, 1.54) is 55.6 Å².